The highest BCUT2D eigenvalue weighted by Gasteiger charge is 2.20. The molecule has 1 aromatic rings. The molecule has 1 aliphatic rings. The van der Waals surface area contributed by atoms with Crippen molar-refractivity contribution < 1.29 is 9.13 Å². The van der Waals surface area contributed by atoms with Crippen molar-refractivity contribution in [3.63, 3.8) is 0 Å². The molecule has 2 N–H and O–H groups in total. The van der Waals surface area contributed by atoms with Crippen molar-refractivity contribution in [2.45, 2.75) is 20.0 Å². The van der Waals surface area contributed by atoms with Crippen LogP contribution in [0.15, 0.2) is 18.2 Å². The van der Waals surface area contributed by atoms with Crippen molar-refractivity contribution in [2.24, 2.45) is 5.92 Å². The minimum Gasteiger partial charge on any atom is -0.374 e. The summed E-state index contributed by atoms with van der Waals surface area (Å²) in [5, 5.41) is 6.67. The lowest BCUT2D eigenvalue weighted by Gasteiger charge is -2.34. The van der Waals surface area contributed by atoms with E-state index in [1.165, 1.54) is 12.1 Å². The zero-order valence-corrected chi connectivity index (χ0v) is 15.0. The van der Waals surface area contributed by atoms with Gasteiger partial charge >= 0.3 is 0 Å². The highest BCUT2D eigenvalue weighted by molar-refractivity contribution is 7.80. The van der Waals surface area contributed by atoms with Crippen molar-refractivity contribution in [1.82, 2.24) is 10.2 Å². The Morgan fingerprint density at radius 1 is 1.52 bits per heavy atom. The quantitative estimate of drug-likeness (QED) is 0.790. The molecule has 2 rings (SSSR count). The molecule has 1 saturated heterocycles. The minimum absolute atomic E-state index is 0.0674. The second kappa shape index (κ2) is 8.78. The summed E-state index contributed by atoms with van der Waals surface area (Å²) in [6, 6.07) is 4.41. The average Bonchev–Trinajstić information content (AvgIpc) is 2.49. The first-order valence-corrected chi connectivity index (χ1v) is 8.56. The molecule has 0 spiro atoms. The molecule has 0 amide bonds. The predicted molar refractivity (Wildman–Crippen MR) is 96.7 cm³/mol. The fourth-order valence-corrected chi connectivity index (χ4v) is 2.92. The van der Waals surface area contributed by atoms with E-state index >= 15 is 0 Å². The van der Waals surface area contributed by atoms with Gasteiger partial charge in [0.15, 0.2) is 5.11 Å². The zero-order valence-electron chi connectivity index (χ0n) is 13.4. The lowest BCUT2D eigenvalue weighted by Crippen LogP contribution is -2.48. The summed E-state index contributed by atoms with van der Waals surface area (Å²) in [6.07, 6.45) is 0.110. The summed E-state index contributed by atoms with van der Waals surface area (Å²) in [5.74, 6) is 0.199. The third kappa shape index (κ3) is 6.22. The Kier molecular flexibility index (Phi) is 7.02. The molecule has 1 atom stereocenters. The Labute approximate surface area is 147 Å². The van der Waals surface area contributed by atoms with Gasteiger partial charge < -0.3 is 15.4 Å². The Morgan fingerprint density at radius 3 is 3.00 bits per heavy atom. The number of halogens is 2. The van der Waals surface area contributed by atoms with Gasteiger partial charge in [-0.2, -0.15) is 0 Å². The van der Waals surface area contributed by atoms with Crippen LogP contribution in [-0.4, -0.2) is 48.9 Å². The standard InChI is InChI=1S/C16H23ClFN3OS/c1-11(2)9-21-5-6-22-13(10-21)8-19-16(23)20-12-3-4-15(18)14(17)7-12/h3-4,7,11,13H,5-6,8-10H2,1-2H3,(H2,19,20,23)/t13-/m1/s1. The van der Waals surface area contributed by atoms with E-state index in [2.05, 4.69) is 29.4 Å². The number of hydrogen-bond donors (Lipinski definition) is 2. The number of benzene rings is 1. The Balaban J connectivity index is 1.76. The van der Waals surface area contributed by atoms with Gasteiger partial charge in [-0.3, -0.25) is 4.90 Å². The molecular formula is C16H23ClFN3OS. The van der Waals surface area contributed by atoms with Crippen LogP contribution in [-0.2, 0) is 4.74 Å². The summed E-state index contributed by atoms with van der Waals surface area (Å²) in [5.41, 5.74) is 0.653. The highest BCUT2D eigenvalue weighted by atomic mass is 35.5. The number of nitrogens with zero attached hydrogens (tertiary/aromatic N) is 1. The minimum atomic E-state index is -0.447. The van der Waals surface area contributed by atoms with E-state index in [4.69, 9.17) is 28.6 Å². The number of anilines is 1. The third-order valence-corrected chi connectivity index (χ3v) is 4.05. The first kappa shape index (κ1) is 18.4. The van der Waals surface area contributed by atoms with Gasteiger partial charge in [0.2, 0.25) is 0 Å². The van der Waals surface area contributed by atoms with E-state index in [1.807, 2.05) is 0 Å². The van der Waals surface area contributed by atoms with Crippen LogP contribution >= 0.6 is 23.8 Å². The van der Waals surface area contributed by atoms with Crippen LogP contribution in [0.1, 0.15) is 13.8 Å². The van der Waals surface area contributed by atoms with Crippen molar-refractivity contribution in [1.29, 1.82) is 0 Å². The van der Waals surface area contributed by atoms with Crippen LogP contribution < -0.4 is 10.6 Å². The highest BCUT2D eigenvalue weighted by Crippen LogP contribution is 2.19. The zero-order chi connectivity index (χ0) is 16.8. The van der Waals surface area contributed by atoms with Gasteiger partial charge in [0.1, 0.15) is 5.82 Å². The molecule has 0 unspecified atom stereocenters. The van der Waals surface area contributed by atoms with Gasteiger partial charge in [0.25, 0.3) is 0 Å². The smallest absolute Gasteiger partial charge is 0.170 e. The van der Waals surface area contributed by atoms with E-state index < -0.39 is 5.82 Å². The number of morpholine rings is 1. The largest absolute Gasteiger partial charge is 0.374 e. The molecule has 0 bridgehead atoms. The first-order chi connectivity index (χ1) is 10.9. The maximum Gasteiger partial charge on any atom is 0.170 e. The second-order valence-electron chi connectivity index (χ2n) is 6.11. The lowest BCUT2D eigenvalue weighted by molar-refractivity contribution is -0.0283. The molecule has 23 heavy (non-hydrogen) atoms. The van der Waals surface area contributed by atoms with E-state index in [9.17, 15) is 4.39 Å². The van der Waals surface area contributed by atoms with Crippen molar-refractivity contribution in [3.05, 3.63) is 29.0 Å². The predicted octanol–water partition coefficient (Wildman–Crippen LogP) is 3.12. The van der Waals surface area contributed by atoms with Crippen LogP contribution in [0.25, 0.3) is 0 Å². The topological polar surface area (TPSA) is 36.5 Å². The number of thiocarbonyl (C=S) groups is 1. The Bertz CT molecular complexity index is 544. The monoisotopic (exact) mass is 359 g/mol. The van der Waals surface area contributed by atoms with Crippen molar-refractivity contribution >= 4 is 34.6 Å². The molecular weight excluding hydrogens is 337 g/mol. The number of hydrogen-bond acceptors (Lipinski definition) is 3. The van der Waals surface area contributed by atoms with Crippen LogP contribution in [0.3, 0.4) is 0 Å². The molecule has 0 aliphatic carbocycles. The number of ether oxygens (including phenoxy) is 1. The van der Waals surface area contributed by atoms with E-state index in [0.717, 1.165) is 26.2 Å². The molecule has 0 saturated carbocycles. The Morgan fingerprint density at radius 2 is 2.30 bits per heavy atom. The Hall–Kier alpha value is -0.950. The molecule has 1 fully saturated rings. The summed E-state index contributed by atoms with van der Waals surface area (Å²) < 4.78 is 18.9. The second-order valence-corrected chi connectivity index (χ2v) is 6.93. The normalized spacial score (nSPS) is 18.9. The van der Waals surface area contributed by atoms with Gasteiger partial charge in [-0.15, -0.1) is 0 Å². The molecule has 128 valence electrons. The first-order valence-electron chi connectivity index (χ1n) is 7.78. The van der Waals surface area contributed by atoms with E-state index in [1.54, 1.807) is 6.07 Å². The van der Waals surface area contributed by atoms with Gasteiger partial charge in [-0.1, -0.05) is 25.4 Å². The van der Waals surface area contributed by atoms with E-state index in [-0.39, 0.29) is 11.1 Å². The van der Waals surface area contributed by atoms with Gasteiger partial charge in [0, 0.05) is 31.9 Å². The van der Waals surface area contributed by atoms with Gasteiger partial charge in [-0.05, 0) is 36.3 Å². The maximum atomic E-state index is 13.1. The number of rotatable bonds is 5. The average molecular weight is 360 g/mol. The van der Waals surface area contributed by atoms with Crippen LogP contribution in [0.4, 0.5) is 10.1 Å². The van der Waals surface area contributed by atoms with Crippen molar-refractivity contribution in [2.75, 3.05) is 38.1 Å². The molecule has 7 heteroatoms. The SMILES string of the molecule is CC(C)CN1CCO[C@H](CNC(=S)Nc2ccc(F)c(Cl)c2)C1. The lowest BCUT2D eigenvalue weighted by atomic mass is 10.2. The fraction of sp³-hybridized carbons (Fsp3) is 0.562. The molecule has 4 nitrogen and oxygen atoms in total. The summed E-state index contributed by atoms with van der Waals surface area (Å²) >= 11 is 11.0. The van der Waals surface area contributed by atoms with Crippen LogP contribution in [0.5, 0.6) is 0 Å². The van der Waals surface area contributed by atoms with Gasteiger partial charge in [-0.25, -0.2) is 4.39 Å². The molecule has 1 aromatic carbocycles. The van der Waals surface area contributed by atoms with Crippen molar-refractivity contribution in [3.8, 4) is 0 Å². The van der Waals surface area contributed by atoms with Gasteiger partial charge in [0.05, 0.1) is 17.7 Å². The molecule has 0 radical (unpaired) electrons. The summed E-state index contributed by atoms with van der Waals surface area (Å²) in [6.45, 7) is 8.77. The maximum absolute atomic E-state index is 13.1. The fourth-order valence-electron chi connectivity index (χ4n) is 2.54. The summed E-state index contributed by atoms with van der Waals surface area (Å²) in [4.78, 5) is 2.41. The van der Waals surface area contributed by atoms with Crippen LogP contribution in [0, 0.1) is 11.7 Å². The molecule has 1 heterocycles. The molecule has 1 aliphatic heterocycles. The number of nitrogens with one attached hydrogen (secondary N) is 2. The summed E-state index contributed by atoms with van der Waals surface area (Å²) in [7, 11) is 0. The van der Waals surface area contributed by atoms with E-state index in [0.29, 0.717) is 23.3 Å². The third-order valence-electron chi connectivity index (χ3n) is 3.51. The molecule has 0 aromatic heterocycles. The van der Waals surface area contributed by atoms with Crippen LogP contribution in [0.2, 0.25) is 5.02 Å².